The number of unbranched alkanes of at least 4 members (excludes halogenated alkanes) is 5. The first kappa shape index (κ1) is 13.2. The van der Waals surface area contributed by atoms with Crippen LogP contribution in [0.2, 0.25) is 0 Å². The fraction of sp³-hybridized carbons (Fsp3) is 0.833. The maximum absolute atomic E-state index is 4.21. The Morgan fingerprint density at radius 2 is 1.94 bits per heavy atom. The lowest BCUT2D eigenvalue weighted by molar-refractivity contribution is 0.564. The Labute approximate surface area is 98.5 Å². The van der Waals surface area contributed by atoms with E-state index in [9.17, 15) is 0 Å². The third-order valence-electron chi connectivity index (χ3n) is 2.64. The Morgan fingerprint density at radius 3 is 2.62 bits per heavy atom. The highest BCUT2D eigenvalue weighted by Crippen LogP contribution is 2.04. The quantitative estimate of drug-likeness (QED) is 0.654. The summed E-state index contributed by atoms with van der Waals surface area (Å²) in [5, 5.41) is 7.58. The number of hydrogen-bond acceptors (Lipinski definition) is 3. The number of rotatable bonds is 9. The predicted molar refractivity (Wildman–Crippen MR) is 66.1 cm³/mol. The SMILES string of the molecule is CCCCCCCCNCc1ncn(C)n1. The molecule has 1 heterocycles. The summed E-state index contributed by atoms with van der Waals surface area (Å²) in [5.41, 5.74) is 0. The highest BCUT2D eigenvalue weighted by Gasteiger charge is 1.97. The summed E-state index contributed by atoms with van der Waals surface area (Å²) in [7, 11) is 1.89. The molecule has 0 spiro atoms. The van der Waals surface area contributed by atoms with Crippen molar-refractivity contribution in [2.45, 2.75) is 52.0 Å². The minimum atomic E-state index is 0.788. The molecule has 0 amide bonds. The number of nitrogens with one attached hydrogen (secondary N) is 1. The van der Waals surface area contributed by atoms with Crippen molar-refractivity contribution in [3.63, 3.8) is 0 Å². The first-order valence-corrected chi connectivity index (χ1v) is 6.38. The summed E-state index contributed by atoms with van der Waals surface area (Å²) in [5.74, 6) is 0.883. The second kappa shape index (κ2) is 8.28. The van der Waals surface area contributed by atoms with E-state index in [1.165, 1.54) is 38.5 Å². The summed E-state index contributed by atoms with van der Waals surface area (Å²) in [4.78, 5) is 4.16. The van der Waals surface area contributed by atoms with Gasteiger partial charge in [-0.25, -0.2) is 4.98 Å². The minimum absolute atomic E-state index is 0.788. The summed E-state index contributed by atoms with van der Waals surface area (Å²) in [6.45, 7) is 4.11. The maximum atomic E-state index is 4.21. The van der Waals surface area contributed by atoms with Gasteiger partial charge in [0.2, 0.25) is 0 Å². The molecule has 0 saturated heterocycles. The van der Waals surface area contributed by atoms with Gasteiger partial charge in [-0.3, -0.25) is 4.68 Å². The predicted octanol–water partition coefficient (Wildman–Crippen LogP) is 2.27. The number of hydrogen-bond donors (Lipinski definition) is 1. The van der Waals surface area contributed by atoms with E-state index in [2.05, 4.69) is 22.3 Å². The molecule has 16 heavy (non-hydrogen) atoms. The molecular weight excluding hydrogens is 200 g/mol. The zero-order valence-corrected chi connectivity index (χ0v) is 10.6. The topological polar surface area (TPSA) is 42.7 Å². The summed E-state index contributed by atoms with van der Waals surface area (Å²) in [6, 6.07) is 0. The van der Waals surface area contributed by atoms with Crippen molar-refractivity contribution >= 4 is 0 Å². The molecule has 0 unspecified atom stereocenters. The van der Waals surface area contributed by atoms with Crippen LogP contribution in [0, 0.1) is 0 Å². The van der Waals surface area contributed by atoms with Crippen molar-refractivity contribution in [1.82, 2.24) is 20.1 Å². The van der Waals surface area contributed by atoms with Gasteiger partial charge in [0.1, 0.15) is 6.33 Å². The van der Waals surface area contributed by atoms with Gasteiger partial charge in [-0.05, 0) is 13.0 Å². The molecule has 1 aromatic rings. The van der Waals surface area contributed by atoms with Crippen LogP contribution in [-0.2, 0) is 13.6 Å². The van der Waals surface area contributed by atoms with Crippen molar-refractivity contribution < 1.29 is 0 Å². The Kier molecular flexibility index (Phi) is 6.81. The fourth-order valence-corrected chi connectivity index (χ4v) is 1.70. The lowest BCUT2D eigenvalue weighted by atomic mass is 10.1. The van der Waals surface area contributed by atoms with Crippen molar-refractivity contribution in [3.8, 4) is 0 Å². The summed E-state index contributed by atoms with van der Waals surface area (Å²) in [6.07, 6.45) is 9.80. The van der Waals surface area contributed by atoms with Gasteiger partial charge < -0.3 is 5.32 Å². The highest BCUT2D eigenvalue weighted by molar-refractivity contribution is 4.79. The Balaban J connectivity index is 1.88. The van der Waals surface area contributed by atoms with E-state index in [0.717, 1.165) is 18.9 Å². The Morgan fingerprint density at radius 1 is 1.19 bits per heavy atom. The average Bonchev–Trinajstić information content (AvgIpc) is 2.68. The van der Waals surface area contributed by atoms with E-state index in [1.54, 1.807) is 11.0 Å². The van der Waals surface area contributed by atoms with E-state index in [-0.39, 0.29) is 0 Å². The Hall–Kier alpha value is -0.900. The molecule has 4 heteroatoms. The van der Waals surface area contributed by atoms with Crippen LogP contribution in [0.4, 0.5) is 0 Å². The van der Waals surface area contributed by atoms with E-state index >= 15 is 0 Å². The van der Waals surface area contributed by atoms with E-state index in [4.69, 9.17) is 0 Å². The Bertz CT molecular complexity index is 270. The second-order valence-corrected chi connectivity index (χ2v) is 4.28. The van der Waals surface area contributed by atoms with Gasteiger partial charge in [-0.1, -0.05) is 39.0 Å². The lowest BCUT2D eigenvalue weighted by Crippen LogP contribution is -2.15. The minimum Gasteiger partial charge on any atom is -0.310 e. The zero-order valence-electron chi connectivity index (χ0n) is 10.6. The van der Waals surface area contributed by atoms with Crippen molar-refractivity contribution in [2.75, 3.05) is 6.54 Å². The first-order chi connectivity index (χ1) is 7.83. The normalized spacial score (nSPS) is 10.9. The maximum Gasteiger partial charge on any atom is 0.164 e. The van der Waals surface area contributed by atoms with Crippen LogP contribution >= 0.6 is 0 Å². The number of aromatic nitrogens is 3. The van der Waals surface area contributed by atoms with Crippen LogP contribution in [0.25, 0.3) is 0 Å². The van der Waals surface area contributed by atoms with Crippen LogP contribution in [0.3, 0.4) is 0 Å². The van der Waals surface area contributed by atoms with Gasteiger partial charge >= 0.3 is 0 Å². The van der Waals surface area contributed by atoms with Gasteiger partial charge in [0.05, 0.1) is 6.54 Å². The molecule has 4 nitrogen and oxygen atoms in total. The van der Waals surface area contributed by atoms with Crippen LogP contribution in [-0.4, -0.2) is 21.3 Å². The smallest absolute Gasteiger partial charge is 0.164 e. The molecule has 0 aliphatic heterocycles. The molecule has 1 rings (SSSR count). The standard InChI is InChI=1S/C12H24N4/c1-3-4-5-6-7-8-9-13-10-12-14-11-16(2)15-12/h11,13H,3-10H2,1-2H3. The average molecular weight is 224 g/mol. The number of nitrogens with zero attached hydrogens (tertiary/aromatic N) is 3. The molecular formula is C12H24N4. The van der Waals surface area contributed by atoms with Gasteiger partial charge in [0.15, 0.2) is 5.82 Å². The summed E-state index contributed by atoms with van der Waals surface area (Å²) < 4.78 is 1.74. The second-order valence-electron chi connectivity index (χ2n) is 4.28. The van der Waals surface area contributed by atoms with E-state index in [1.807, 2.05) is 7.05 Å². The molecule has 0 fully saturated rings. The van der Waals surface area contributed by atoms with E-state index < -0.39 is 0 Å². The van der Waals surface area contributed by atoms with Crippen molar-refractivity contribution in [1.29, 1.82) is 0 Å². The zero-order chi connectivity index (χ0) is 11.6. The molecule has 0 aliphatic rings. The molecule has 0 bridgehead atoms. The molecule has 0 aliphatic carbocycles. The van der Waals surface area contributed by atoms with Crippen LogP contribution in [0.5, 0.6) is 0 Å². The van der Waals surface area contributed by atoms with Crippen LogP contribution < -0.4 is 5.32 Å². The first-order valence-electron chi connectivity index (χ1n) is 6.38. The summed E-state index contributed by atoms with van der Waals surface area (Å²) >= 11 is 0. The van der Waals surface area contributed by atoms with Gasteiger partial charge in [-0.2, -0.15) is 5.10 Å². The fourth-order valence-electron chi connectivity index (χ4n) is 1.70. The molecule has 0 aromatic carbocycles. The third kappa shape index (κ3) is 5.85. The molecule has 92 valence electrons. The van der Waals surface area contributed by atoms with Crippen LogP contribution in [0.1, 0.15) is 51.3 Å². The van der Waals surface area contributed by atoms with E-state index in [0.29, 0.717) is 0 Å². The molecule has 1 aromatic heterocycles. The third-order valence-corrected chi connectivity index (χ3v) is 2.64. The molecule has 0 atom stereocenters. The molecule has 0 radical (unpaired) electrons. The van der Waals surface area contributed by atoms with Crippen molar-refractivity contribution in [2.24, 2.45) is 7.05 Å². The number of aryl methyl sites for hydroxylation is 1. The molecule has 1 N–H and O–H groups in total. The monoisotopic (exact) mass is 224 g/mol. The van der Waals surface area contributed by atoms with Gasteiger partial charge in [0.25, 0.3) is 0 Å². The van der Waals surface area contributed by atoms with Gasteiger partial charge in [0, 0.05) is 7.05 Å². The lowest BCUT2D eigenvalue weighted by Gasteiger charge is -2.02. The van der Waals surface area contributed by atoms with Crippen LogP contribution in [0.15, 0.2) is 6.33 Å². The highest BCUT2D eigenvalue weighted by atomic mass is 15.3. The largest absolute Gasteiger partial charge is 0.310 e. The molecule has 0 saturated carbocycles. The van der Waals surface area contributed by atoms with Gasteiger partial charge in [-0.15, -0.1) is 0 Å². The van der Waals surface area contributed by atoms with Crippen molar-refractivity contribution in [3.05, 3.63) is 12.2 Å².